The van der Waals surface area contributed by atoms with E-state index in [1.54, 1.807) is 6.26 Å². The Morgan fingerprint density at radius 1 is 1.33 bits per heavy atom. The molecule has 0 radical (unpaired) electrons. The maximum absolute atomic E-state index is 5.31. The van der Waals surface area contributed by atoms with Gasteiger partial charge in [0, 0.05) is 25.7 Å². The predicted octanol–water partition coefficient (Wildman–Crippen LogP) is 2.34. The van der Waals surface area contributed by atoms with Crippen LogP contribution in [-0.2, 0) is 13.1 Å². The van der Waals surface area contributed by atoms with Crippen LogP contribution in [0.25, 0.3) is 0 Å². The van der Waals surface area contributed by atoms with Crippen LogP contribution in [0, 0.1) is 6.92 Å². The molecule has 4 nitrogen and oxygen atoms in total. The first-order valence-corrected chi connectivity index (χ1v) is 6.05. The summed E-state index contributed by atoms with van der Waals surface area (Å²) in [5.74, 6) is 1.94. The first kappa shape index (κ1) is 12.6. The van der Waals surface area contributed by atoms with Crippen molar-refractivity contribution in [1.82, 2.24) is 10.3 Å². The number of hydrogen-bond acceptors (Lipinski definition) is 4. The van der Waals surface area contributed by atoms with Gasteiger partial charge >= 0.3 is 0 Å². The maximum atomic E-state index is 5.31. The lowest BCUT2D eigenvalue weighted by Crippen LogP contribution is -2.19. The van der Waals surface area contributed by atoms with E-state index in [0.717, 1.165) is 30.4 Å². The highest BCUT2D eigenvalue weighted by Crippen LogP contribution is 2.16. The zero-order valence-corrected chi connectivity index (χ0v) is 11.1. The van der Waals surface area contributed by atoms with Gasteiger partial charge in [-0.05, 0) is 32.2 Å². The molecule has 0 aliphatic carbocycles. The van der Waals surface area contributed by atoms with E-state index in [4.69, 9.17) is 4.42 Å². The quantitative estimate of drug-likeness (QED) is 0.878. The average Bonchev–Trinajstić information content (AvgIpc) is 2.76. The van der Waals surface area contributed by atoms with Crippen LogP contribution in [0.2, 0.25) is 0 Å². The third-order valence-corrected chi connectivity index (χ3v) is 2.91. The van der Waals surface area contributed by atoms with Crippen molar-refractivity contribution < 1.29 is 4.42 Å². The molecule has 0 amide bonds. The van der Waals surface area contributed by atoms with Crippen LogP contribution in [0.15, 0.2) is 34.9 Å². The summed E-state index contributed by atoms with van der Waals surface area (Å²) in [6.45, 7) is 3.57. The molecule has 0 saturated carbocycles. The van der Waals surface area contributed by atoms with Crippen LogP contribution in [-0.4, -0.2) is 19.1 Å². The molecule has 2 aromatic heterocycles. The fourth-order valence-electron chi connectivity index (χ4n) is 1.87. The fraction of sp³-hybridized carbons (Fsp3) is 0.357. The minimum atomic E-state index is 0.784. The topological polar surface area (TPSA) is 41.3 Å². The zero-order chi connectivity index (χ0) is 13.0. The lowest BCUT2D eigenvalue weighted by Gasteiger charge is -2.18. The van der Waals surface area contributed by atoms with Crippen molar-refractivity contribution in [2.45, 2.75) is 20.0 Å². The molecule has 96 valence electrons. The van der Waals surface area contributed by atoms with E-state index in [9.17, 15) is 0 Å². The Hall–Kier alpha value is -1.81. The van der Waals surface area contributed by atoms with Gasteiger partial charge in [-0.2, -0.15) is 0 Å². The number of aromatic nitrogens is 1. The summed E-state index contributed by atoms with van der Waals surface area (Å²) in [7, 11) is 3.96. The predicted molar refractivity (Wildman–Crippen MR) is 72.6 cm³/mol. The van der Waals surface area contributed by atoms with Gasteiger partial charge in [-0.25, -0.2) is 4.98 Å². The van der Waals surface area contributed by atoms with Gasteiger partial charge in [-0.15, -0.1) is 0 Å². The van der Waals surface area contributed by atoms with E-state index < -0.39 is 0 Å². The monoisotopic (exact) mass is 245 g/mol. The van der Waals surface area contributed by atoms with E-state index in [1.807, 2.05) is 45.3 Å². The minimum Gasteiger partial charge on any atom is -0.469 e. The van der Waals surface area contributed by atoms with Crippen molar-refractivity contribution in [3.63, 3.8) is 0 Å². The van der Waals surface area contributed by atoms with Crippen molar-refractivity contribution in [2.75, 3.05) is 19.0 Å². The summed E-state index contributed by atoms with van der Waals surface area (Å²) in [5, 5.41) is 3.11. The van der Waals surface area contributed by atoms with Gasteiger partial charge in [0.25, 0.3) is 0 Å². The second-order valence-corrected chi connectivity index (χ2v) is 4.38. The smallest absolute Gasteiger partial charge is 0.128 e. The van der Waals surface area contributed by atoms with Gasteiger partial charge < -0.3 is 14.6 Å². The number of nitrogens with one attached hydrogen (secondary N) is 1. The van der Waals surface area contributed by atoms with Gasteiger partial charge in [0.2, 0.25) is 0 Å². The molecule has 0 atom stereocenters. The Bertz CT molecular complexity index is 507. The Kier molecular flexibility index (Phi) is 3.99. The van der Waals surface area contributed by atoms with Crippen molar-refractivity contribution in [2.24, 2.45) is 0 Å². The molecule has 0 fully saturated rings. The van der Waals surface area contributed by atoms with Crippen molar-refractivity contribution in [3.8, 4) is 0 Å². The summed E-state index contributed by atoms with van der Waals surface area (Å²) in [4.78, 5) is 6.73. The highest BCUT2D eigenvalue weighted by molar-refractivity contribution is 5.39. The molecule has 4 heteroatoms. The summed E-state index contributed by atoms with van der Waals surface area (Å²) >= 11 is 0. The van der Waals surface area contributed by atoms with Crippen LogP contribution < -0.4 is 10.2 Å². The van der Waals surface area contributed by atoms with Crippen LogP contribution in [0.4, 0.5) is 5.82 Å². The first-order valence-electron chi connectivity index (χ1n) is 6.05. The van der Waals surface area contributed by atoms with Gasteiger partial charge in [0.15, 0.2) is 0 Å². The summed E-state index contributed by atoms with van der Waals surface area (Å²) in [6.07, 6.45) is 1.73. The third-order valence-electron chi connectivity index (χ3n) is 2.91. The van der Waals surface area contributed by atoms with Gasteiger partial charge in [0.1, 0.15) is 11.6 Å². The first-order chi connectivity index (χ1) is 8.70. The van der Waals surface area contributed by atoms with Crippen LogP contribution in [0.1, 0.15) is 17.0 Å². The molecule has 0 aliphatic heterocycles. The average molecular weight is 245 g/mol. The standard InChI is InChI=1S/C14H19N3O/c1-11-12(7-8-18-11)10-17(3)14-6-4-5-13(16-14)9-15-2/h4-8,15H,9-10H2,1-3H3. The Morgan fingerprint density at radius 3 is 2.83 bits per heavy atom. The number of aryl methyl sites for hydroxylation is 1. The molecule has 0 saturated heterocycles. The molecular formula is C14H19N3O. The van der Waals surface area contributed by atoms with Crippen molar-refractivity contribution >= 4 is 5.82 Å². The van der Waals surface area contributed by atoms with E-state index in [2.05, 4.69) is 15.2 Å². The Labute approximate surface area is 108 Å². The number of anilines is 1. The molecule has 2 aromatic rings. The molecule has 0 aliphatic rings. The molecule has 2 heterocycles. The van der Waals surface area contributed by atoms with E-state index in [0.29, 0.717) is 0 Å². The van der Waals surface area contributed by atoms with Gasteiger partial charge in [-0.1, -0.05) is 6.07 Å². The summed E-state index contributed by atoms with van der Waals surface area (Å²) in [5.41, 5.74) is 2.24. The lowest BCUT2D eigenvalue weighted by atomic mass is 10.2. The largest absolute Gasteiger partial charge is 0.469 e. The zero-order valence-electron chi connectivity index (χ0n) is 11.1. The van der Waals surface area contributed by atoms with Gasteiger partial charge in [-0.3, -0.25) is 0 Å². The molecule has 1 N–H and O–H groups in total. The van der Waals surface area contributed by atoms with E-state index in [-0.39, 0.29) is 0 Å². The molecule has 0 unspecified atom stereocenters. The van der Waals surface area contributed by atoms with Crippen LogP contribution in [0.5, 0.6) is 0 Å². The molecular weight excluding hydrogens is 226 g/mol. The summed E-state index contributed by atoms with van der Waals surface area (Å²) < 4.78 is 5.31. The lowest BCUT2D eigenvalue weighted by molar-refractivity contribution is 0.529. The van der Waals surface area contributed by atoms with Crippen LogP contribution in [0.3, 0.4) is 0 Å². The van der Waals surface area contributed by atoms with Crippen LogP contribution >= 0.6 is 0 Å². The second kappa shape index (κ2) is 5.69. The molecule has 0 bridgehead atoms. The molecule has 0 spiro atoms. The van der Waals surface area contributed by atoms with E-state index in [1.165, 1.54) is 5.56 Å². The van der Waals surface area contributed by atoms with Crippen molar-refractivity contribution in [3.05, 3.63) is 47.5 Å². The highest BCUT2D eigenvalue weighted by atomic mass is 16.3. The molecule has 2 rings (SSSR count). The highest BCUT2D eigenvalue weighted by Gasteiger charge is 2.07. The molecule has 18 heavy (non-hydrogen) atoms. The van der Waals surface area contributed by atoms with Gasteiger partial charge in [0.05, 0.1) is 12.0 Å². The summed E-state index contributed by atoms with van der Waals surface area (Å²) in [6, 6.07) is 8.09. The third kappa shape index (κ3) is 2.90. The number of hydrogen-bond donors (Lipinski definition) is 1. The normalized spacial score (nSPS) is 10.6. The fourth-order valence-corrected chi connectivity index (χ4v) is 1.87. The number of nitrogens with zero attached hydrogens (tertiary/aromatic N) is 2. The number of furan rings is 1. The minimum absolute atomic E-state index is 0.784. The SMILES string of the molecule is CNCc1cccc(N(C)Cc2ccoc2C)n1. The Balaban J connectivity index is 2.11. The van der Waals surface area contributed by atoms with Crippen molar-refractivity contribution in [1.29, 1.82) is 0 Å². The number of rotatable bonds is 5. The second-order valence-electron chi connectivity index (χ2n) is 4.38. The van der Waals surface area contributed by atoms with E-state index >= 15 is 0 Å². The molecule has 0 aromatic carbocycles. The number of pyridine rings is 1. The Morgan fingerprint density at radius 2 is 2.17 bits per heavy atom. The maximum Gasteiger partial charge on any atom is 0.128 e.